The second-order valence-electron chi connectivity index (χ2n) is 9.71. The monoisotopic (exact) mass is 448 g/mol. The number of aliphatic carboxylic acids is 1. The Hall–Kier alpha value is -2.81. The van der Waals surface area contributed by atoms with Crippen molar-refractivity contribution in [1.29, 1.82) is 0 Å². The molecule has 2 fully saturated rings. The van der Waals surface area contributed by atoms with Crippen molar-refractivity contribution >= 4 is 18.2 Å². The fourth-order valence-electron chi connectivity index (χ4n) is 4.23. The van der Waals surface area contributed by atoms with Gasteiger partial charge < -0.3 is 30.0 Å². The number of carbonyl (C=O) groups excluding carboxylic acids is 2. The SMILES string of the molecule is CC(C)(C)OC(=O)NC1CC2(C1)CC(OCC(NC(=O)OCc1ccccc1)C(=O)O)C2. The zero-order valence-corrected chi connectivity index (χ0v) is 18.8. The molecule has 3 rings (SSSR count). The summed E-state index contributed by atoms with van der Waals surface area (Å²) in [5.41, 5.74) is 0.430. The van der Waals surface area contributed by atoms with Crippen molar-refractivity contribution in [2.45, 2.75) is 76.9 Å². The molecule has 0 saturated heterocycles. The summed E-state index contributed by atoms with van der Waals surface area (Å²) in [6, 6.07) is 8.04. The predicted molar refractivity (Wildman–Crippen MR) is 115 cm³/mol. The first-order chi connectivity index (χ1) is 15.0. The number of nitrogens with one attached hydrogen (secondary N) is 2. The molecule has 1 aromatic carbocycles. The molecule has 3 N–H and O–H groups in total. The van der Waals surface area contributed by atoms with Crippen LogP contribution in [0.25, 0.3) is 0 Å². The van der Waals surface area contributed by atoms with E-state index in [4.69, 9.17) is 14.2 Å². The number of benzene rings is 1. The quantitative estimate of drug-likeness (QED) is 0.558. The van der Waals surface area contributed by atoms with Gasteiger partial charge >= 0.3 is 18.2 Å². The molecular weight excluding hydrogens is 416 g/mol. The Kier molecular flexibility index (Phi) is 7.28. The number of carbonyl (C=O) groups is 3. The van der Waals surface area contributed by atoms with Crippen molar-refractivity contribution in [2.75, 3.05) is 6.61 Å². The molecule has 0 aromatic heterocycles. The van der Waals surface area contributed by atoms with E-state index in [-0.39, 0.29) is 30.8 Å². The average molecular weight is 449 g/mol. The highest BCUT2D eigenvalue weighted by Gasteiger charge is 2.54. The highest BCUT2D eigenvalue weighted by atomic mass is 16.6. The van der Waals surface area contributed by atoms with Crippen LogP contribution in [-0.2, 0) is 25.6 Å². The number of ether oxygens (including phenoxy) is 3. The van der Waals surface area contributed by atoms with E-state index in [1.807, 2.05) is 51.1 Å². The molecule has 32 heavy (non-hydrogen) atoms. The van der Waals surface area contributed by atoms with Gasteiger partial charge in [0.25, 0.3) is 0 Å². The van der Waals surface area contributed by atoms with Crippen molar-refractivity contribution in [2.24, 2.45) is 5.41 Å². The van der Waals surface area contributed by atoms with E-state index in [0.717, 1.165) is 31.2 Å². The standard InChI is InChI=1S/C23H32N2O7/c1-22(2,3)32-21(29)24-16-9-23(10-16)11-17(12-23)30-14-18(19(26)27)25-20(28)31-13-15-7-5-4-6-8-15/h4-8,16-18H,9-14H2,1-3H3,(H,24,29)(H,25,28)(H,26,27). The largest absolute Gasteiger partial charge is 0.480 e. The number of alkyl carbamates (subject to hydrolysis) is 2. The van der Waals surface area contributed by atoms with Crippen LogP contribution in [0.15, 0.2) is 30.3 Å². The highest BCUT2D eigenvalue weighted by Crippen LogP contribution is 2.56. The molecule has 0 heterocycles. The summed E-state index contributed by atoms with van der Waals surface area (Å²) in [6.07, 6.45) is 2.08. The normalized spacial score (nSPS) is 25.1. The average Bonchev–Trinajstić information content (AvgIpc) is 2.64. The maximum Gasteiger partial charge on any atom is 0.408 e. The van der Waals surface area contributed by atoms with Gasteiger partial charge in [-0.25, -0.2) is 14.4 Å². The minimum Gasteiger partial charge on any atom is -0.480 e. The molecule has 0 bridgehead atoms. The molecule has 2 amide bonds. The number of rotatable bonds is 8. The van der Waals surface area contributed by atoms with Gasteiger partial charge in [-0.15, -0.1) is 0 Å². The first kappa shape index (κ1) is 23.8. The summed E-state index contributed by atoms with van der Waals surface area (Å²) >= 11 is 0. The maximum absolute atomic E-state index is 11.9. The summed E-state index contributed by atoms with van der Waals surface area (Å²) in [6.45, 7) is 5.40. The van der Waals surface area contributed by atoms with E-state index in [2.05, 4.69) is 10.6 Å². The van der Waals surface area contributed by atoms with Crippen molar-refractivity contribution in [3.63, 3.8) is 0 Å². The Morgan fingerprint density at radius 1 is 1.09 bits per heavy atom. The number of carboxylic acid groups (broad SMARTS) is 1. The van der Waals surface area contributed by atoms with E-state index in [1.54, 1.807) is 0 Å². The molecule has 0 aliphatic heterocycles. The summed E-state index contributed by atoms with van der Waals surface area (Å²) in [5, 5.41) is 14.6. The maximum atomic E-state index is 11.9. The zero-order valence-electron chi connectivity index (χ0n) is 18.8. The number of hydrogen-bond donors (Lipinski definition) is 3. The van der Waals surface area contributed by atoms with Gasteiger partial charge in [0.15, 0.2) is 6.04 Å². The van der Waals surface area contributed by atoms with Crippen LogP contribution in [0.3, 0.4) is 0 Å². The van der Waals surface area contributed by atoms with Crippen LogP contribution in [0.1, 0.15) is 52.0 Å². The van der Waals surface area contributed by atoms with E-state index in [9.17, 15) is 19.5 Å². The van der Waals surface area contributed by atoms with Crippen molar-refractivity contribution in [1.82, 2.24) is 10.6 Å². The lowest BCUT2D eigenvalue weighted by molar-refractivity contribution is -0.149. The van der Waals surface area contributed by atoms with Crippen LogP contribution in [0.2, 0.25) is 0 Å². The van der Waals surface area contributed by atoms with Gasteiger partial charge in [-0.3, -0.25) is 0 Å². The third-order valence-corrected chi connectivity index (χ3v) is 5.70. The van der Waals surface area contributed by atoms with Gasteiger partial charge in [0, 0.05) is 6.04 Å². The molecule has 1 spiro atoms. The molecule has 1 atom stereocenters. The first-order valence-corrected chi connectivity index (χ1v) is 10.8. The Bertz CT molecular complexity index is 807. The third kappa shape index (κ3) is 6.85. The van der Waals surface area contributed by atoms with Crippen molar-refractivity contribution < 1.29 is 33.7 Å². The smallest absolute Gasteiger partial charge is 0.408 e. The molecule has 2 aliphatic rings. The summed E-state index contributed by atoms with van der Waals surface area (Å²) in [7, 11) is 0. The molecule has 1 aromatic rings. The van der Waals surface area contributed by atoms with Crippen LogP contribution in [0.4, 0.5) is 9.59 Å². The van der Waals surface area contributed by atoms with Crippen molar-refractivity contribution in [3.8, 4) is 0 Å². The van der Waals surface area contributed by atoms with E-state index in [1.165, 1.54) is 0 Å². The number of hydrogen-bond acceptors (Lipinski definition) is 6. The van der Waals surface area contributed by atoms with E-state index in [0.29, 0.717) is 0 Å². The van der Waals surface area contributed by atoms with Gasteiger partial charge in [0.1, 0.15) is 12.2 Å². The lowest BCUT2D eigenvalue weighted by atomic mass is 9.53. The van der Waals surface area contributed by atoms with Crippen molar-refractivity contribution in [3.05, 3.63) is 35.9 Å². The minimum atomic E-state index is -1.18. The second-order valence-corrected chi connectivity index (χ2v) is 9.71. The molecule has 1 unspecified atom stereocenters. The zero-order chi connectivity index (χ0) is 23.4. The Morgan fingerprint density at radius 2 is 1.75 bits per heavy atom. The first-order valence-electron chi connectivity index (χ1n) is 10.8. The number of carboxylic acids is 1. The molecule has 2 aliphatic carbocycles. The summed E-state index contributed by atoms with van der Waals surface area (Å²) < 4.78 is 16.1. The molecule has 9 nitrogen and oxygen atoms in total. The topological polar surface area (TPSA) is 123 Å². The molecule has 0 radical (unpaired) electrons. The van der Waals surface area contributed by atoms with Gasteiger partial charge in [0.2, 0.25) is 0 Å². The van der Waals surface area contributed by atoms with E-state index >= 15 is 0 Å². The van der Waals surface area contributed by atoms with Crippen LogP contribution >= 0.6 is 0 Å². The highest BCUT2D eigenvalue weighted by molar-refractivity contribution is 5.80. The number of amides is 2. The lowest BCUT2D eigenvalue weighted by Gasteiger charge is -2.57. The minimum absolute atomic E-state index is 0.0542. The predicted octanol–water partition coefficient (Wildman–Crippen LogP) is 3.22. The molecular formula is C23H32N2O7. The lowest BCUT2D eigenvalue weighted by Crippen LogP contribution is -2.59. The van der Waals surface area contributed by atoms with Crippen LogP contribution in [-0.4, -0.2) is 53.7 Å². The summed E-state index contributed by atoms with van der Waals surface area (Å²) in [4.78, 5) is 35.2. The fourth-order valence-corrected chi connectivity index (χ4v) is 4.23. The fraction of sp³-hybridized carbons (Fsp3) is 0.609. The molecule has 176 valence electrons. The van der Waals surface area contributed by atoms with Crippen LogP contribution < -0.4 is 10.6 Å². The van der Waals surface area contributed by atoms with Gasteiger partial charge in [-0.1, -0.05) is 30.3 Å². The third-order valence-electron chi connectivity index (χ3n) is 5.70. The van der Waals surface area contributed by atoms with E-state index < -0.39 is 29.8 Å². The molecule has 2 saturated carbocycles. The Labute approximate surface area is 187 Å². The van der Waals surface area contributed by atoms with Gasteiger partial charge in [-0.2, -0.15) is 0 Å². The van der Waals surface area contributed by atoms with Crippen LogP contribution in [0.5, 0.6) is 0 Å². The van der Waals surface area contributed by atoms with Gasteiger partial charge in [0.05, 0.1) is 12.7 Å². The summed E-state index contributed by atoms with van der Waals surface area (Å²) in [5.74, 6) is -1.18. The van der Waals surface area contributed by atoms with Gasteiger partial charge in [-0.05, 0) is 57.4 Å². The second kappa shape index (κ2) is 9.77. The molecule has 9 heteroatoms. The Balaban J connectivity index is 1.32. The Morgan fingerprint density at radius 3 is 2.34 bits per heavy atom. The van der Waals surface area contributed by atoms with Crippen LogP contribution in [0, 0.1) is 5.41 Å².